The molecule has 10 heteroatoms. The first-order valence-corrected chi connectivity index (χ1v) is 15.1. The topological polar surface area (TPSA) is 114 Å². The molecule has 0 fully saturated rings. The molecule has 1 aliphatic heterocycles. The van der Waals surface area contributed by atoms with Crippen LogP contribution < -0.4 is 21.1 Å². The minimum Gasteiger partial charge on any atom is -0.445 e. The number of ether oxygens (including phenoxy) is 1. The van der Waals surface area contributed by atoms with Crippen LogP contribution in [-0.2, 0) is 24.3 Å². The molecule has 1 amide bonds. The Morgan fingerprint density at radius 1 is 0.867 bits per heavy atom. The molecule has 10 nitrogen and oxygen atoms in total. The first-order valence-electron chi connectivity index (χ1n) is 15.1. The molecule has 0 aliphatic carbocycles. The van der Waals surface area contributed by atoms with Crippen molar-refractivity contribution in [1.29, 1.82) is 0 Å². The molecule has 0 bridgehead atoms. The molecule has 1 unspecified atom stereocenters. The van der Waals surface area contributed by atoms with E-state index in [1.54, 1.807) is 16.8 Å². The fourth-order valence-corrected chi connectivity index (χ4v) is 5.36. The summed E-state index contributed by atoms with van der Waals surface area (Å²) in [5, 5.41) is 6.18. The summed E-state index contributed by atoms with van der Waals surface area (Å²) >= 11 is 0. The zero-order chi connectivity index (χ0) is 30.8. The summed E-state index contributed by atoms with van der Waals surface area (Å²) < 4.78 is 7.06. The maximum absolute atomic E-state index is 13.5. The lowest BCUT2D eigenvalue weighted by atomic mass is 10.0. The summed E-state index contributed by atoms with van der Waals surface area (Å²) in [7, 11) is 0. The number of nitrogens with one attached hydrogen (secondary N) is 2. The molecule has 0 radical (unpaired) electrons. The number of fused-ring (bicyclic) bond motifs is 1. The highest BCUT2D eigenvalue weighted by molar-refractivity contribution is 5.67. The molecule has 2 aromatic heterocycles. The van der Waals surface area contributed by atoms with Crippen molar-refractivity contribution in [3.63, 3.8) is 0 Å². The second-order valence-corrected chi connectivity index (χ2v) is 10.9. The summed E-state index contributed by atoms with van der Waals surface area (Å²) in [5.74, 6) is 1.71. The fraction of sp³-hybridized carbons (Fsp3) is 0.229. The van der Waals surface area contributed by atoms with Gasteiger partial charge in [-0.25, -0.2) is 14.8 Å². The van der Waals surface area contributed by atoms with Crippen LogP contribution in [0.2, 0.25) is 0 Å². The van der Waals surface area contributed by atoms with Crippen molar-refractivity contribution in [3.05, 3.63) is 131 Å². The third-order valence-electron chi connectivity index (χ3n) is 7.67. The highest BCUT2D eigenvalue weighted by atomic mass is 16.5. The van der Waals surface area contributed by atoms with Gasteiger partial charge in [-0.2, -0.15) is 4.98 Å². The van der Waals surface area contributed by atoms with Crippen LogP contribution in [0, 0.1) is 5.92 Å². The van der Waals surface area contributed by atoms with Gasteiger partial charge in [0, 0.05) is 46.9 Å². The Morgan fingerprint density at radius 2 is 1.58 bits per heavy atom. The Kier molecular flexibility index (Phi) is 9.40. The van der Waals surface area contributed by atoms with E-state index in [1.165, 1.54) is 5.56 Å². The van der Waals surface area contributed by atoms with Gasteiger partial charge in [-0.1, -0.05) is 91.0 Å². The number of carbonyl (C=O) groups is 1. The molecule has 3 aromatic carbocycles. The maximum atomic E-state index is 13.5. The van der Waals surface area contributed by atoms with E-state index in [1.807, 2.05) is 89.8 Å². The van der Waals surface area contributed by atoms with Crippen molar-refractivity contribution in [1.82, 2.24) is 24.8 Å². The number of hydrogen-bond acceptors (Lipinski definition) is 8. The molecule has 1 atom stereocenters. The molecule has 0 saturated carbocycles. The van der Waals surface area contributed by atoms with Crippen LogP contribution in [0.4, 0.5) is 22.5 Å². The van der Waals surface area contributed by atoms with Crippen molar-refractivity contribution >= 4 is 23.8 Å². The number of nitrogens with zero attached hydrogens (tertiary/aromatic N) is 5. The van der Waals surface area contributed by atoms with Gasteiger partial charge in [0.05, 0.1) is 5.69 Å². The van der Waals surface area contributed by atoms with Gasteiger partial charge >= 0.3 is 6.09 Å². The van der Waals surface area contributed by atoms with E-state index in [0.29, 0.717) is 56.0 Å². The maximum Gasteiger partial charge on any atom is 0.407 e. The highest BCUT2D eigenvalue weighted by Crippen LogP contribution is 2.30. The molecular weight excluding hydrogens is 566 g/mol. The average Bonchev–Trinajstić information content (AvgIpc) is 3.09. The smallest absolute Gasteiger partial charge is 0.407 e. The summed E-state index contributed by atoms with van der Waals surface area (Å²) in [6, 6.07) is 32.9. The van der Waals surface area contributed by atoms with E-state index in [-0.39, 0.29) is 20.9 Å². The van der Waals surface area contributed by atoms with Crippen LogP contribution in [0.3, 0.4) is 0 Å². The van der Waals surface area contributed by atoms with Crippen molar-refractivity contribution < 1.29 is 12.4 Å². The van der Waals surface area contributed by atoms with Crippen molar-refractivity contribution in [3.8, 4) is 11.3 Å². The average molecular weight is 606 g/mol. The van der Waals surface area contributed by atoms with Crippen molar-refractivity contribution in [2.24, 2.45) is 5.92 Å². The van der Waals surface area contributed by atoms with Gasteiger partial charge in [-0.05, 0) is 36.0 Å². The summed E-state index contributed by atoms with van der Waals surface area (Å²) in [6.07, 6.45) is 2.71. The minimum atomic E-state index is -0.472. The summed E-state index contributed by atoms with van der Waals surface area (Å²) in [4.78, 5) is 42.0. The first-order chi connectivity index (χ1) is 22.1. The molecule has 3 heterocycles. The number of carbonyl (C=O) groups excluding carboxylic acids is 1. The quantitative estimate of drug-likeness (QED) is 0.190. The van der Waals surface area contributed by atoms with Crippen molar-refractivity contribution in [2.75, 3.05) is 29.9 Å². The molecule has 232 valence electrons. The van der Waals surface area contributed by atoms with Gasteiger partial charge in [-0.15, -0.1) is 0 Å². The third kappa shape index (κ3) is 7.72. The van der Waals surface area contributed by atoms with Crippen LogP contribution in [0.5, 0.6) is 0 Å². The molecule has 1 aliphatic rings. The first kappa shape index (κ1) is 29.6. The molecule has 5 aromatic rings. The lowest BCUT2D eigenvalue weighted by molar-refractivity contribution is 0.139. The molecular formula is C35H39N7O3. The highest BCUT2D eigenvalue weighted by Gasteiger charge is 2.29. The third-order valence-corrected chi connectivity index (χ3v) is 7.67. The Bertz CT molecular complexity index is 1780. The Labute approximate surface area is 264 Å². The SMILES string of the molecule is O=C(NCCC1CN(c2ccnc(NCCc3ccccc3)n2)c2nc(-c3ccccc3)cc(=O)n2C1)OCc1ccccc1.[HH].[HH]. The van der Waals surface area contributed by atoms with Gasteiger partial charge in [0.25, 0.3) is 5.56 Å². The second-order valence-electron chi connectivity index (χ2n) is 10.9. The summed E-state index contributed by atoms with van der Waals surface area (Å²) in [5.41, 5.74) is 3.48. The number of amides is 1. The predicted octanol–water partition coefficient (Wildman–Crippen LogP) is 5.93. The lowest BCUT2D eigenvalue weighted by Gasteiger charge is -2.35. The van der Waals surface area contributed by atoms with Crippen LogP contribution >= 0.6 is 0 Å². The lowest BCUT2D eigenvalue weighted by Crippen LogP contribution is -2.42. The normalized spacial score (nSPS) is 14.0. The molecule has 2 N–H and O–H groups in total. The van der Waals surface area contributed by atoms with Crippen LogP contribution in [-0.4, -0.2) is 45.2 Å². The monoisotopic (exact) mass is 605 g/mol. The van der Waals surface area contributed by atoms with Gasteiger partial charge in [0.15, 0.2) is 0 Å². The van der Waals surface area contributed by atoms with Crippen LogP contribution in [0.1, 0.15) is 20.4 Å². The number of anilines is 3. The zero-order valence-corrected chi connectivity index (χ0v) is 24.9. The largest absolute Gasteiger partial charge is 0.445 e. The molecule has 0 saturated heterocycles. The minimum absolute atomic E-state index is 0. The van der Waals surface area contributed by atoms with E-state index >= 15 is 0 Å². The standard InChI is InChI=1S/C35H35N7O3.2H2/c43-32-22-30(29-14-8-3-9-15-29)39-34-41(31-18-21-37-33(40-31)36-19-16-26-10-4-1-5-11-26)23-28(24-42(32)34)17-20-38-35(44)45-25-27-12-6-2-7-13-27;;/h1-15,18,21-22,28H,16-17,19-20,23-25H2,(H,38,44)(H,36,37,40);2*1H. The van der Waals surface area contributed by atoms with Crippen LogP contribution in [0.25, 0.3) is 11.3 Å². The molecule has 6 rings (SSSR count). The van der Waals surface area contributed by atoms with E-state index in [0.717, 1.165) is 17.5 Å². The van der Waals surface area contributed by atoms with E-state index in [2.05, 4.69) is 27.8 Å². The van der Waals surface area contributed by atoms with E-state index < -0.39 is 6.09 Å². The Morgan fingerprint density at radius 3 is 2.33 bits per heavy atom. The van der Waals surface area contributed by atoms with E-state index in [9.17, 15) is 9.59 Å². The van der Waals surface area contributed by atoms with E-state index in [4.69, 9.17) is 14.7 Å². The fourth-order valence-electron chi connectivity index (χ4n) is 5.36. The number of hydrogen-bond donors (Lipinski definition) is 2. The van der Waals surface area contributed by atoms with Gasteiger partial charge in [0.1, 0.15) is 12.4 Å². The van der Waals surface area contributed by atoms with Gasteiger partial charge in [0.2, 0.25) is 11.9 Å². The van der Waals surface area contributed by atoms with Crippen molar-refractivity contribution in [2.45, 2.75) is 26.0 Å². The van der Waals surface area contributed by atoms with Gasteiger partial charge in [-0.3, -0.25) is 14.3 Å². The molecule has 0 spiro atoms. The Balaban J connectivity index is 0.00000250. The van der Waals surface area contributed by atoms with Crippen LogP contribution in [0.15, 0.2) is 114 Å². The number of aromatic nitrogens is 4. The summed E-state index contributed by atoms with van der Waals surface area (Å²) in [6.45, 7) is 2.32. The number of rotatable bonds is 11. The molecule has 45 heavy (non-hydrogen) atoms. The Hall–Kier alpha value is -5.51. The number of alkyl carbamates (subject to hydrolysis) is 1. The predicted molar refractivity (Wildman–Crippen MR) is 179 cm³/mol. The number of benzene rings is 3. The van der Waals surface area contributed by atoms with Gasteiger partial charge < -0.3 is 15.4 Å². The zero-order valence-electron chi connectivity index (χ0n) is 24.9. The second kappa shape index (κ2) is 14.3.